The van der Waals surface area contributed by atoms with Gasteiger partial charge in [-0.15, -0.1) is 0 Å². The van der Waals surface area contributed by atoms with Crippen molar-refractivity contribution in [3.8, 4) is 0 Å². The molecule has 2 heteroatoms. The van der Waals surface area contributed by atoms with E-state index in [1.54, 1.807) is 0 Å². The van der Waals surface area contributed by atoms with E-state index in [2.05, 4.69) is 57.3 Å². The SMILES string of the molecule is CCO[Si](C)(C)[C@@H](C)c1ccccc1. The Balaban J connectivity index is 2.79. The fraction of sp³-hybridized carbons (Fsp3) is 0.500. The summed E-state index contributed by atoms with van der Waals surface area (Å²) in [6.45, 7) is 9.75. The first-order valence-electron chi connectivity index (χ1n) is 5.27. The third-order valence-electron chi connectivity index (χ3n) is 2.86. The van der Waals surface area contributed by atoms with Crippen molar-refractivity contribution in [1.82, 2.24) is 0 Å². The van der Waals surface area contributed by atoms with E-state index in [4.69, 9.17) is 4.43 Å². The van der Waals surface area contributed by atoms with Crippen molar-refractivity contribution < 1.29 is 4.43 Å². The molecule has 0 fully saturated rings. The highest BCUT2D eigenvalue weighted by Crippen LogP contribution is 2.26. The summed E-state index contributed by atoms with van der Waals surface area (Å²) in [7, 11) is -1.55. The van der Waals surface area contributed by atoms with Crippen molar-refractivity contribution in [1.29, 1.82) is 0 Å². The Kier molecular flexibility index (Phi) is 3.90. The average molecular weight is 208 g/mol. The van der Waals surface area contributed by atoms with Gasteiger partial charge in [-0.25, -0.2) is 0 Å². The highest BCUT2D eigenvalue weighted by atomic mass is 28.4. The van der Waals surface area contributed by atoms with Crippen LogP contribution in [-0.2, 0) is 4.43 Å². The molecule has 0 N–H and O–H groups in total. The zero-order valence-electron chi connectivity index (χ0n) is 9.58. The fourth-order valence-electron chi connectivity index (χ4n) is 1.64. The van der Waals surface area contributed by atoms with E-state index in [-0.39, 0.29) is 0 Å². The number of rotatable bonds is 4. The summed E-state index contributed by atoms with van der Waals surface area (Å²) in [6.07, 6.45) is 0. The zero-order chi connectivity index (χ0) is 10.6. The van der Waals surface area contributed by atoms with Gasteiger partial charge < -0.3 is 4.43 Å². The Morgan fingerprint density at radius 3 is 2.29 bits per heavy atom. The topological polar surface area (TPSA) is 9.23 Å². The fourth-order valence-corrected chi connectivity index (χ4v) is 3.63. The quantitative estimate of drug-likeness (QED) is 0.687. The van der Waals surface area contributed by atoms with Gasteiger partial charge in [-0.1, -0.05) is 37.3 Å². The van der Waals surface area contributed by atoms with Crippen molar-refractivity contribution in [3.63, 3.8) is 0 Å². The lowest BCUT2D eigenvalue weighted by molar-refractivity contribution is 0.322. The van der Waals surface area contributed by atoms with E-state index in [1.165, 1.54) is 5.56 Å². The molecule has 0 aromatic heterocycles. The van der Waals surface area contributed by atoms with Gasteiger partial charge in [0.15, 0.2) is 8.32 Å². The monoisotopic (exact) mass is 208 g/mol. The average Bonchev–Trinajstić information content (AvgIpc) is 2.18. The minimum atomic E-state index is -1.55. The maximum absolute atomic E-state index is 5.88. The standard InChI is InChI=1S/C12H20OSi/c1-5-13-14(3,4)11(2)12-9-7-6-8-10-12/h6-11H,5H2,1-4H3/t11-/m0/s1. The van der Waals surface area contributed by atoms with Crippen LogP contribution in [0.3, 0.4) is 0 Å². The first-order valence-corrected chi connectivity index (χ1v) is 8.25. The van der Waals surface area contributed by atoms with Crippen LogP contribution in [0.2, 0.25) is 13.1 Å². The molecule has 0 amide bonds. The van der Waals surface area contributed by atoms with Crippen LogP contribution < -0.4 is 0 Å². The summed E-state index contributed by atoms with van der Waals surface area (Å²) in [4.78, 5) is 0. The van der Waals surface area contributed by atoms with Crippen molar-refractivity contribution in [2.24, 2.45) is 0 Å². The largest absolute Gasteiger partial charge is 0.417 e. The molecule has 1 nitrogen and oxygen atoms in total. The molecule has 0 spiro atoms. The third kappa shape index (κ3) is 2.69. The third-order valence-corrected chi connectivity index (χ3v) is 6.31. The lowest BCUT2D eigenvalue weighted by Crippen LogP contribution is -2.37. The van der Waals surface area contributed by atoms with Crippen LogP contribution in [0.5, 0.6) is 0 Å². The number of hydrogen-bond acceptors (Lipinski definition) is 1. The molecule has 0 aliphatic rings. The summed E-state index contributed by atoms with van der Waals surface area (Å²) < 4.78 is 5.88. The van der Waals surface area contributed by atoms with Gasteiger partial charge in [0, 0.05) is 6.61 Å². The smallest absolute Gasteiger partial charge is 0.193 e. The van der Waals surface area contributed by atoms with E-state index in [0.29, 0.717) is 5.54 Å². The molecule has 0 bridgehead atoms. The molecule has 1 atom stereocenters. The van der Waals surface area contributed by atoms with Gasteiger partial charge in [-0.2, -0.15) is 0 Å². The van der Waals surface area contributed by atoms with Crippen molar-refractivity contribution in [3.05, 3.63) is 35.9 Å². The van der Waals surface area contributed by atoms with Crippen LogP contribution in [0.25, 0.3) is 0 Å². The first kappa shape index (κ1) is 11.5. The Morgan fingerprint density at radius 2 is 1.79 bits per heavy atom. The molecule has 0 heterocycles. The van der Waals surface area contributed by atoms with Gasteiger partial charge in [-0.05, 0) is 31.1 Å². The van der Waals surface area contributed by atoms with Gasteiger partial charge in [0.05, 0.1) is 0 Å². The van der Waals surface area contributed by atoms with Crippen LogP contribution in [0.4, 0.5) is 0 Å². The molecule has 1 aromatic carbocycles. The second-order valence-corrected chi connectivity index (χ2v) is 8.53. The molecule has 0 radical (unpaired) electrons. The summed E-state index contributed by atoms with van der Waals surface area (Å²) >= 11 is 0. The molecule has 0 unspecified atom stereocenters. The van der Waals surface area contributed by atoms with Crippen LogP contribution in [-0.4, -0.2) is 14.9 Å². The highest BCUT2D eigenvalue weighted by Gasteiger charge is 2.30. The molecule has 0 saturated carbocycles. The van der Waals surface area contributed by atoms with E-state index in [1.807, 2.05) is 0 Å². The van der Waals surface area contributed by atoms with E-state index in [9.17, 15) is 0 Å². The Labute approximate surface area is 88.2 Å². The van der Waals surface area contributed by atoms with E-state index >= 15 is 0 Å². The van der Waals surface area contributed by atoms with Crippen molar-refractivity contribution >= 4 is 8.32 Å². The molecule has 78 valence electrons. The maximum Gasteiger partial charge on any atom is 0.193 e. The predicted molar refractivity (Wildman–Crippen MR) is 64.0 cm³/mol. The molecule has 1 aromatic rings. The molecular weight excluding hydrogens is 188 g/mol. The minimum Gasteiger partial charge on any atom is -0.417 e. The predicted octanol–water partition coefficient (Wildman–Crippen LogP) is 3.57. The Morgan fingerprint density at radius 1 is 1.21 bits per heavy atom. The molecule has 0 saturated heterocycles. The Hall–Kier alpha value is -0.603. The maximum atomic E-state index is 5.88. The molecule has 0 aliphatic carbocycles. The van der Waals surface area contributed by atoms with Crippen molar-refractivity contribution in [2.75, 3.05) is 6.61 Å². The van der Waals surface area contributed by atoms with Crippen molar-refractivity contribution in [2.45, 2.75) is 32.5 Å². The summed E-state index contributed by atoms with van der Waals surface area (Å²) in [5.74, 6) is 0. The summed E-state index contributed by atoms with van der Waals surface area (Å²) in [5, 5.41) is 0. The summed E-state index contributed by atoms with van der Waals surface area (Å²) in [6, 6.07) is 10.6. The summed E-state index contributed by atoms with van der Waals surface area (Å²) in [5.41, 5.74) is 1.96. The lowest BCUT2D eigenvalue weighted by atomic mass is 10.2. The molecular formula is C12H20OSi. The minimum absolute atomic E-state index is 0.559. The molecule has 0 aliphatic heterocycles. The van der Waals surface area contributed by atoms with Gasteiger partial charge in [0.2, 0.25) is 0 Å². The lowest BCUT2D eigenvalue weighted by Gasteiger charge is -2.29. The number of hydrogen-bond donors (Lipinski definition) is 0. The first-order chi connectivity index (χ1) is 6.58. The second-order valence-electron chi connectivity index (χ2n) is 4.17. The van der Waals surface area contributed by atoms with Gasteiger partial charge >= 0.3 is 0 Å². The van der Waals surface area contributed by atoms with E-state index < -0.39 is 8.32 Å². The zero-order valence-corrected chi connectivity index (χ0v) is 10.6. The van der Waals surface area contributed by atoms with Gasteiger partial charge in [-0.3, -0.25) is 0 Å². The van der Waals surface area contributed by atoms with E-state index in [0.717, 1.165) is 6.61 Å². The second kappa shape index (κ2) is 4.76. The van der Waals surface area contributed by atoms with Gasteiger partial charge in [0.25, 0.3) is 0 Å². The van der Waals surface area contributed by atoms with Crippen LogP contribution in [0, 0.1) is 0 Å². The Bertz CT molecular complexity index is 269. The molecule has 14 heavy (non-hydrogen) atoms. The van der Waals surface area contributed by atoms with Gasteiger partial charge in [0.1, 0.15) is 0 Å². The highest BCUT2D eigenvalue weighted by molar-refractivity contribution is 6.72. The van der Waals surface area contributed by atoms with Crippen LogP contribution in [0.1, 0.15) is 25.0 Å². The number of benzene rings is 1. The van der Waals surface area contributed by atoms with Crippen LogP contribution >= 0.6 is 0 Å². The normalized spacial score (nSPS) is 14.0. The molecule has 1 rings (SSSR count). The van der Waals surface area contributed by atoms with Crippen LogP contribution in [0.15, 0.2) is 30.3 Å².